The summed E-state index contributed by atoms with van der Waals surface area (Å²) in [5.41, 5.74) is 0.878. The fourth-order valence-corrected chi connectivity index (χ4v) is 2.96. The zero-order valence-corrected chi connectivity index (χ0v) is 12.6. The molecule has 6 heteroatoms. The highest BCUT2D eigenvalue weighted by Crippen LogP contribution is 2.35. The average molecular weight is 295 g/mol. The SMILES string of the molecule is CNCCC1CCCCN1c1cc(C)c(F)cc1[N+](=O)[O-]. The number of piperidine rings is 1. The van der Waals surface area contributed by atoms with Crippen LogP contribution in [0.25, 0.3) is 0 Å². The maximum absolute atomic E-state index is 13.7. The van der Waals surface area contributed by atoms with Crippen molar-refractivity contribution >= 4 is 11.4 Å². The number of hydrogen-bond donors (Lipinski definition) is 1. The molecule has 0 bridgehead atoms. The molecule has 0 spiro atoms. The Morgan fingerprint density at radius 1 is 1.48 bits per heavy atom. The standard InChI is InChI=1S/C15H22FN3O2/c1-11-9-14(15(19(20)21)10-13(11)16)18-8-4-3-5-12(18)6-7-17-2/h9-10,12,17H,3-8H2,1-2H3. The first-order chi connectivity index (χ1) is 10.0. The van der Waals surface area contributed by atoms with E-state index in [1.807, 2.05) is 7.05 Å². The van der Waals surface area contributed by atoms with Gasteiger partial charge in [-0.25, -0.2) is 4.39 Å². The molecule has 0 aliphatic carbocycles. The number of halogens is 1. The van der Waals surface area contributed by atoms with Crippen molar-refractivity contribution in [1.82, 2.24) is 5.32 Å². The van der Waals surface area contributed by atoms with Gasteiger partial charge in [-0.15, -0.1) is 0 Å². The second-order valence-corrected chi connectivity index (χ2v) is 5.58. The summed E-state index contributed by atoms with van der Waals surface area (Å²) in [5.74, 6) is -0.519. The minimum absolute atomic E-state index is 0.130. The quantitative estimate of drug-likeness (QED) is 0.670. The van der Waals surface area contributed by atoms with Crippen molar-refractivity contribution in [3.63, 3.8) is 0 Å². The number of hydrogen-bond acceptors (Lipinski definition) is 4. The molecule has 0 aromatic heterocycles. The fraction of sp³-hybridized carbons (Fsp3) is 0.600. The van der Waals surface area contributed by atoms with Crippen LogP contribution in [0.4, 0.5) is 15.8 Å². The molecule has 1 atom stereocenters. The van der Waals surface area contributed by atoms with Crippen molar-refractivity contribution in [2.75, 3.05) is 25.0 Å². The Hall–Kier alpha value is -1.69. The first kappa shape index (κ1) is 15.7. The van der Waals surface area contributed by atoms with E-state index in [9.17, 15) is 14.5 Å². The zero-order chi connectivity index (χ0) is 15.4. The fourth-order valence-electron chi connectivity index (χ4n) is 2.96. The van der Waals surface area contributed by atoms with Gasteiger partial charge in [0.05, 0.1) is 11.0 Å². The second kappa shape index (κ2) is 6.85. The summed E-state index contributed by atoms with van der Waals surface area (Å²) in [6.07, 6.45) is 4.11. The van der Waals surface area contributed by atoms with Crippen LogP contribution < -0.4 is 10.2 Å². The lowest BCUT2D eigenvalue weighted by molar-refractivity contribution is -0.384. The maximum atomic E-state index is 13.7. The van der Waals surface area contributed by atoms with Gasteiger partial charge >= 0.3 is 0 Å². The van der Waals surface area contributed by atoms with Crippen LogP contribution in [0.2, 0.25) is 0 Å². The minimum atomic E-state index is -0.519. The molecule has 1 aromatic carbocycles. The third-order valence-corrected chi connectivity index (χ3v) is 4.12. The van der Waals surface area contributed by atoms with E-state index in [1.165, 1.54) is 0 Å². The Bertz CT molecular complexity index is 522. The first-order valence-electron chi connectivity index (χ1n) is 7.40. The Labute approximate surface area is 124 Å². The van der Waals surface area contributed by atoms with Gasteiger partial charge in [-0.05, 0) is 57.8 Å². The van der Waals surface area contributed by atoms with Crippen LogP contribution in [0.1, 0.15) is 31.2 Å². The predicted octanol–water partition coefficient (Wildman–Crippen LogP) is 3.01. The predicted molar refractivity (Wildman–Crippen MR) is 81.3 cm³/mol. The van der Waals surface area contributed by atoms with Gasteiger partial charge in [-0.1, -0.05) is 0 Å². The summed E-state index contributed by atoms with van der Waals surface area (Å²) in [5, 5.41) is 14.4. The molecule has 1 N–H and O–H groups in total. The van der Waals surface area contributed by atoms with Crippen LogP contribution >= 0.6 is 0 Å². The Balaban J connectivity index is 2.37. The molecular formula is C15H22FN3O2. The van der Waals surface area contributed by atoms with E-state index in [2.05, 4.69) is 10.2 Å². The van der Waals surface area contributed by atoms with Crippen LogP contribution in [-0.4, -0.2) is 31.1 Å². The molecule has 21 heavy (non-hydrogen) atoms. The summed E-state index contributed by atoms with van der Waals surface area (Å²) in [6.45, 7) is 3.31. The van der Waals surface area contributed by atoms with Gasteiger partial charge in [0.2, 0.25) is 0 Å². The molecule has 1 unspecified atom stereocenters. The summed E-state index contributed by atoms with van der Waals surface area (Å²) in [6, 6.07) is 2.94. The van der Waals surface area contributed by atoms with Crippen molar-refractivity contribution in [1.29, 1.82) is 0 Å². The zero-order valence-electron chi connectivity index (χ0n) is 12.6. The highest BCUT2D eigenvalue weighted by Gasteiger charge is 2.28. The van der Waals surface area contributed by atoms with E-state index < -0.39 is 10.7 Å². The van der Waals surface area contributed by atoms with Crippen LogP contribution in [0.5, 0.6) is 0 Å². The number of rotatable bonds is 5. The molecule has 116 valence electrons. The largest absolute Gasteiger partial charge is 0.363 e. The molecule has 1 saturated heterocycles. The summed E-state index contributed by atoms with van der Waals surface area (Å²) in [7, 11) is 1.90. The summed E-state index contributed by atoms with van der Waals surface area (Å²) >= 11 is 0. The molecule has 5 nitrogen and oxygen atoms in total. The van der Waals surface area contributed by atoms with Gasteiger partial charge in [-0.2, -0.15) is 0 Å². The molecule has 2 rings (SSSR count). The van der Waals surface area contributed by atoms with Crippen molar-refractivity contribution < 1.29 is 9.31 Å². The Kier molecular flexibility index (Phi) is 5.12. The molecular weight excluding hydrogens is 273 g/mol. The van der Waals surface area contributed by atoms with E-state index in [0.717, 1.165) is 44.8 Å². The molecule has 0 amide bonds. The normalized spacial score (nSPS) is 18.8. The van der Waals surface area contributed by atoms with E-state index in [0.29, 0.717) is 11.3 Å². The molecule has 1 aromatic rings. The summed E-state index contributed by atoms with van der Waals surface area (Å²) < 4.78 is 13.7. The van der Waals surface area contributed by atoms with E-state index in [4.69, 9.17) is 0 Å². The van der Waals surface area contributed by atoms with Gasteiger partial charge in [0.15, 0.2) is 0 Å². The first-order valence-corrected chi connectivity index (χ1v) is 7.40. The van der Waals surface area contributed by atoms with Gasteiger partial charge < -0.3 is 10.2 Å². The number of anilines is 1. The third kappa shape index (κ3) is 3.50. The lowest BCUT2D eigenvalue weighted by atomic mass is 9.97. The van der Waals surface area contributed by atoms with Gasteiger partial charge in [0.1, 0.15) is 11.5 Å². The number of benzene rings is 1. The Morgan fingerprint density at radius 2 is 2.24 bits per heavy atom. The Morgan fingerprint density at radius 3 is 2.90 bits per heavy atom. The number of nitro groups is 1. The van der Waals surface area contributed by atoms with Crippen LogP contribution in [0.15, 0.2) is 12.1 Å². The van der Waals surface area contributed by atoms with Crippen LogP contribution in [0.3, 0.4) is 0 Å². The molecule has 1 aliphatic rings. The molecule has 1 fully saturated rings. The maximum Gasteiger partial charge on any atom is 0.295 e. The van der Waals surface area contributed by atoms with Crippen LogP contribution in [-0.2, 0) is 0 Å². The topological polar surface area (TPSA) is 58.4 Å². The van der Waals surface area contributed by atoms with Crippen molar-refractivity contribution in [3.8, 4) is 0 Å². The van der Waals surface area contributed by atoms with Gasteiger partial charge in [-0.3, -0.25) is 10.1 Å². The molecule has 1 heterocycles. The van der Waals surface area contributed by atoms with Crippen molar-refractivity contribution in [2.24, 2.45) is 0 Å². The second-order valence-electron chi connectivity index (χ2n) is 5.58. The van der Waals surface area contributed by atoms with Crippen molar-refractivity contribution in [2.45, 2.75) is 38.6 Å². The molecule has 0 radical (unpaired) electrons. The highest BCUT2D eigenvalue weighted by molar-refractivity contribution is 5.65. The van der Waals surface area contributed by atoms with E-state index in [-0.39, 0.29) is 11.7 Å². The van der Waals surface area contributed by atoms with Crippen LogP contribution in [0, 0.1) is 22.9 Å². The minimum Gasteiger partial charge on any atom is -0.363 e. The lowest BCUT2D eigenvalue weighted by Crippen LogP contribution is -2.41. The van der Waals surface area contributed by atoms with E-state index >= 15 is 0 Å². The number of nitro benzene ring substituents is 1. The molecule has 0 saturated carbocycles. The van der Waals surface area contributed by atoms with Gasteiger partial charge in [0.25, 0.3) is 5.69 Å². The average Bonchev–Trinajstić information content (AvgIpc) is 2.47. The third-order valence-electron chi connectivity index (χ3n) is 4.12. The highest BCUT2D eigenvalue weighted by atomic mass is 19.1. The van der Waals surface area contributed by atoms with Crippen molar-refractivity contribution in [3.05, 3.63) is 33.6 Å². The monoisotopic (exact) mass is 295 g/mol. The smallest absolute Gasteiger partial charge is 0.295 e. The number of aryl methyl sites for hydroxylation is 1. The van der Waals surface area contributed by atoms with Gasteiger partial charge in [0, 0.05) is 12.6 Å². The summed E-state index contributed by atoms with van der Waals surface area (Å²) in [4.78, 5) is 12.9. The number of nitrogens with one attached hydrogen (secondary N) is 1. The van der Waals surface area contributed by atoms with E-state index in [1.54, 1.807) is 13.0 Å². The molecule has 1 aliphatic heterocycles. The number of nitrogens with zero attached hydrogens (tertiary/aromatic N) is 2. The lowest BCUT2D eigenvalue weighted by Gasteiger charge is -2.37.